The number of anilines is 1. The van der Waals surface area contributed by atoms with E-state index in [-0.39, 0.29) is 5.82 Å². The fraction of sp³-hybridized carbons (Fsp3) is 0.312. The Hall–Kier alpha value is -2.79. The molecule has 0 amide bonds. The Kier molecular flexibility index (Phi) is 4.19. The molecule has 142 valence electrons. The van der Waals surface area contributed by atoms with Crippen molar-refractivity contribution in [2.75, 3.05) is 37.3 Å². The quantitative estimate of drug-likeness (QED) is 0.701. The van der Waals surface area contributed by atoms with Crippen LogP contribution in [0.25, 0.3) is 16.7 Å². The van der Waals surface area contributed by atoms with Crippen LogP contribution in [0.4, 0.5) is 10.2 Å². The van der Waals surface area contributed by atoms with Crippen molar-refractivity contribution in [1.29, 1.82) is 0 Å². The number of piperazine rings is 1. The van der Waals surface area contributed by atoms with Gasteiger partial charge in [-0.15, -0.1) is 0 Å². The summed E-state index contributed by atoms with van der Waals surface area (Å²) in [6, 6.07) is 3.05. The Labute approximate surface area is 154 Å². The van der Waals surface area contributed by atoms with Crippen molar-refractivity contribution in [3.8, 4) is 11.6 Å². The molecular formula is C16H17FN6O3S. The van der Waals surface area contributed by atoms with Gasteiger partial charge in [-0.25, -0.2) is 27.5 Å². The van der Waals surface area contributed by atoms with Crippen LogP contribution in [0.1, 0.15) is 0 Å². The second-order valence-corrected chi connectivity index (χ2v) is 8.28. The Morgan fingerprint density at radius 2 is 1.74 bits per heavy atom. The number of rotatable bonds is 3. The maximum atomic E-state index is 13.2. The Morgan fingerprint density at radius 3 is 2.41 bits per heavy atom. The normalized spacial score (nSPS) is 16.1. The number of aromatic hydroxyl groups is 1. The summed E-state index contributed by atoms with van der Waals surface area (Å²) in [5.41, 5.74) is 0.659. The first-order valence-electron chi connectivity index (χ1n) is 8.22. The molecule has 4 rings (SSSR count). The molecule has 9 nitrogen and oxygen atoms in total. The summed E-state index contributed by atoms with van der Waals surface area (Å²) in [5.74, 6) is -0.300. The minimum atomic E-state index is -3.18. The summed E-state index contributed by atoms with van der Waals surface area (Å²) in [5, 5.41) is 14.6. The molecule has 11 heteroatoms. The van der Waals surface area contributed by atoms with Crippen molar-refractivity contribution in [1.82, 2.24) is 24.1 Å². The molecule has 1 aliphatic rings. The third-order valence-electron chi connectivity index (χ3n) is 4.51. The van der Waals surface area contributed by atoms with Crippen LogP contribution in [0.15, 0.2) is 30.7 Å². The number of pyridine rings is 2. The zero-order valence-electron chi connectivity index (χ0n) is 14.4. The molecule has 0 atom stereocenters. The van der Waals surface area contributed by atoms with Crippen LogP contribution in [-0.4, -0.2) is 70.0 Å². The number of nitrogens with zero attached hydrogens (tertiary/aromatic N) is 6. The van der Waals surface area contributed by atoms with Gasteiger partial charge in [-0.3, -0.25) is 0 Å². The number of aromatic nitrogens is 4. The minimum absolute atomic E-state index is 0.278. The van der Waals surface area contributed by atoms with Crippen molar-refractivity contribution in [3.05, 3.63) is 36.5 Å². The van der Waals surface area contributed by atoms with E-state index in [0.29, 0.717) is 31.7 Å². The Bertz CT molecular complexity index is 1110. The van der Waals surface area contributed by atoms with Crippen LogP contribution in [0.3, 0.4) is 0 Å². The summed E-state index contributed by atoms with van der Waals surface area (Å²) in [6.45, 7) is 1.92. The zero-order valence-corrected chi connectivity index (χ0v) is 15.3. The maximum Gasteiger partial charge on any atom is 0.211 e. The molecule has 0 bridgehead atoms. The van der Waals surface area contributed by atoms with Gasteiger partial charge in [-0.1, -0.05) is 0 Å². The van der Waals surface area contributed by atoms with Gasteiger partial charge in [0, 0.05) is 37.6 Å². The average Bonchev–Trinajstić information content (AvgIpc) is 3.06. The van der Waals surface area contributed by atoms with E-state index in [1.807, 2.05) is 11.0 Å². The molecule has 1 aliphatic heterocycles. The van der Waals surface area contributed by atoms with E-state index in [2.05, 4.69) is 15.1 Å². The van der Waals surface area contributed by atoms with E-state index >= 15 is 0 Å². The molecule has 1 N–H and O–H groups in total. The van der Waals surface area contributed by atoms with Gasteiger partial charge in [0.1, 0.15) is 5.82 Å². The van der Waals surface area contributed by atoms with Gasteiger partial charge in [0.15, 0.2) is 17.4 Å². The lowest BCUT2D eigenvalue weighted by atomic mass is 10.3. The van der Waals surface area contributed by atoms with E-state index in [0.717, 1.165) is 17.4 Å². The molecule has 3 aromatic heterocycles. The molecule has 0 unspecified atom stereocenters. The molecule has 1 saturated heterocycles. The second kappa shape index (κ2) is 6.43. The van der Waals surface area contributed by atoms with E-state index in [9.17, 15) is 17.9 Å². The van der Waals surface area contributed by atoms with Gasteiger partial charge < -0.3 is 10.0 Å². The van der Waals surface area contributed by atoms with E-state index in [1.165, 1.54) is 21.3 Å². The average molecular weight is 392 g/mol. The van der Waals surface area contributed by atoms with Crippen LogP contribution < -0.4 is 4.90 Å². The van der Waals surface area contributed by atoms with Gasteiger partial charge in [0.05, 0.1) is 30.4 Å². The van der Waals surface area contributed by atoms with Crippen molar-refractivity contribution in [2.45, 2.75) is 0 Å². The second-order valence-electron chi connectivity index (χ2n) is 6.30. The van der Waals surface area contributed by atoms with Crippen molar-refractivity contribution in [3.63, 3.8) is 0 Å². The van der Waals surface area contributed by atoms with Gasteiger partial charge in [-0.2, -0.15) is 9.40 Å². The number of fused-ring (bicyclic) bond motifs is 1. The monoisotopic (exact) mass is 392 g/mol. The maximum absolute atomic E-state index is 13.2. The molecule has 3 aromatic rings. The van der Waals surface area contributed by atoms with Gasteiger partial charge in [-0.05, 0) is 6.07 Å². The van der Waals surface area contributed by atoms with Gasteiger partial charge >= 0.3 is 0 Å². The lowest BCUT2D eigenvalue weighted by Crippen LogP contribution is -2.48. The molecule has 4 heterocycles. The Morgan fingerprint density at radius 1 is 1.04 bits per heavy atom. The molecule has 0 radical (unpaired) electrons. The first-order chi connectivity index (χ1) is 12.8. The molecule has 0 spiro atoms. The SMILES string of the molecule is CS(=O)(=O)N1CCN(c2cc3cnn(-c4cc(O)c(F)cn4)c3cn2)CC1. The fourth-order valence-corrected chi connectivity index (χ4v) is 3.88. The number of hydrogen-bond donors (Lipinski definition) is 1. The highest BCUT2D eigenvalue weighted by Crippen LogP contribution is 2.24. The standard InChI is InChI=1S/C16H17FN6O3S/c1-27(25,26)22-4-2-21(3-5-22)15-6-11-8-20-23(13(11)10-19-15)16-7-14(24)12(17)9-18-16/h6-10H,2-5H2,1H3,(H,18,24). The summed E-state index contributed by atoms with van der Waals surface area (Å²) in [6.07, 6.45) is 5.40. The highest BCUT2D eigenvalue weighted by atomic mass is 32.2. The summed E-state index contributed by atoms with van der Waals surface area (Å²) in [7, 11) is -3.18. The molecular weight excluding hydrogens is 375 g/mol. The largest absolute Gasteiger partial charge is 0.505 e. The van der Waals surface area contributed by atoms with Crippen molar-refractivity contribution < 1.29 is 17.9 Å². The smallest absolute Gasteiger partial charge is 0.211 e. The van der Waals surface area contributed by atoms with E-state index in [1.54, 1.807) is 12.4 Å². The lowest BCUT2D eigenvalue weighted by Gasteiger charge is -2.33. The van der Waals surface area contributed by atoms with Crippen LogP contribution in [-0.2, 0) is 10.0 Å². The van der Waals surface area contributed by atoms with Crippen molar-refractivity contribution in [2.24, 2.45) is 0 Å². The molecule has 27 heavy (non-hydrogen) atoms. The summed E-state index contributed by atoms with van der Waals surface area (Å²) >= 11 is 0. The number of hydrogen-bond acceptors (Lipinski definition) is 7. The summed E-state index contributed by atoms with van der Waals surface area (Å²) < 4.78 is 39.4. The van der Waals surface area contributed by atoms with Crippen molar-refractivity contribution >= 4 is 26.7 Å². The van der Waals surface area contributed by atoms with Crippen LogP contribution in [0, 0.1) is 5.82 Å². The highest BCUT2D eigenvalue weighted by Gasteiger charge is 2.24. The minimum Gasteiger partial charge on any atom is -0.505 e. The van der Waals surface area contributed by atoms with Gasteiger partial charge in [0.2, 0.25) is 10.0 Å². The van der Waals surface area contributed by atoms with Crippen LogP contribution in [0.2, 0.25) is 0 Å². The number of halogens is 1. The molecule has 1 fully saturated rings. The first-order valence-corrected chi connectivity index (χ1v) is 10.1. The first kappa shape index (κ1) is 17.6. The fourth-order valence-electron chi connectivity index (χ4n) is 3.05. The predicted molar refractivity (Wildman–Crippen MR) is 96.9 cm³/mol. The molecule has 0 saturated carbocycles. The predicted octanol–water partition coefficient (Wildman–Crippen LogP) is 0.742. The van der Waals surface area contributed by atoms with E-state index < -0.39 is 21.6 Å². The topological polar surface area (TPSA) is 104 Å². The van der Waals surface area contributed by atoms with Crippen LogP contribution >= 0.6 is 0 Å². The molecule has 0 aromatic carbocycles. The van der Waals surface area contributed by atoms with Crippen LogP contribution in [0.5, 0.6) is 5.75 Å². The Balaban J connectivity index is 1.60. The van der Waals surface area contributed by atoms with Gasteiger partial charge in [0.25, 0.3) is 0 Å². The molecule has 0 aliphatic carbocycles. The lowest BCUT2D eigenvalue weighted by molar-refractivity contribution is 0.387. The van der Waals surface area contributed by atoms with E-state index in [4.69, 9.17) is 0 Å². The number of sulfonamides is 1. The highest BCUT2D eigenvalue weighted by molar-refractivity contribution is 7.88. The third kappa shape index (κ3) is 3.30. The summed E-state index contributed by atoms with van der Waals surface area (Å²) in [4.78, 5) is 10.4. The zero-order chi connectivity index (χ0) is 19.2. The third-order valence-corrected chi connectivity index (χ3v) is 5.81.